The van der Waals surface area contributed by atoms with Crippen LogP contribution in [0.5, 0.6) is 5.75 Å². The van der Waals surface area contributed by atoms with Gasteiger partial charge in [0, 0.05) is 37.2 Å². The molecule has 2 N–H and O–H groups in total. The summed E-state index contributed by atoms with van der Waals surface area (Å²) in [5.74, 6) is 1.20. The number of amides is 1. The molecule has 0 spiro atoms. The first kappa shape index (κ1) is 22.3. The molecule has 11 heteroatoms. The van der Waals surface area contributed by atoms with Crippen molar-refractivity contribution in [1.29, 1.82) is 0 Å². The second-order valence-electron chi connectivity index (χ2n) is 7.38. The zero-order chi connectivity index (χ0) is 22.5. The Morgan fingerprint density at radius 1 is 1.16 bits per heavy atom. The van der Waals surface area contributed by atoms with Gasteiger partial charge >= 0.3 is 0 Å². The van der Waals surface area contributed by atoms with Crippen molar-refractivity contribution in [3.8, 4) is 5.75 Å². The van der Waals surface area contributed by atoms with E-state index in [0.717, 1.165) is 30.7 Å². The number of carbonyl (C=O) groups excluding carboxylic acids is 1. The van der Waals surface area contributed by atoms with Crippen LogP contribution in [-0.4, -0.2) is 81.8 Å². The second kappa shape index (κ2) is 10.2. The monoisotopic (exact) mass is 501 g/mol. The summed E-state index contributed by atoms with van der Waals surface area (Å²) >= 11 is 3.36. The standard InChI is InChI=1S/C21H24BrN7O3/c1-14-19-20(27-21(24-14)29-8-6-28(7-9-29)10-11-30)23-12-17(26-19)25-18(31)13-32-16-4-2-15(22)3-5-16/h2-5,12,30H,6-11,13H2,1H3,(H,25,26,31). The van der Waals surface area contributed by atoms with Crippen LogP contribution in [0.1, 0.15) is 5.69 Å². The quantitative estimate of drug-likeness (QED) is 0.497. The van der Waals surface area contributed by atoms with Gasteiger partial charge in [-0.05, 0) is 31.2 Å². The highest BCUT2D eigenvalue weighted by atomic mass is 79.9. The molecule has 1 fully saturated rings. The van der Waals surface area contributed by atoms with Gasteiger partial charge in [-0.3, -0.25) is 9.69 Å². The number of hydrogen-bond donors (Lipinski definition) is 2. The van der Waals surface area contributed by atoms with Crippen LogP contribution in [-0.2, 0) is 4.79 Å². The number of aryl methyl sites for hydroxylation is 1. The molecule has 1 saturated heterocycles. The van der Waals surface area contributed by atoms with E-state index >= 15 is 0 Å². The van der Waals surface area contributed by atoms with E-state index < -0.39 is 0 Å². The molecule has 2 aromatic heterocycles. The fourth-order valence-electron chi connectivity index (χ4n) is 3.40. The van der Waals surface area contributed by atoms with E-state index in [0.29, 0.717) is 40.9 Å². The van der Waals surface area contributed by atoms with Crippen LogP contribution in [0, 0.1) is 6.92 Å². The van der Waals surface area contributed by atoms with E-state index in [4.69, 9.17) is 9.84 Å². The summed E-state index contributed by atoms with van der Waals surface area (Å²) < 4.78 is 6.42. The van der Waals surface area contributed by atoms with Crippen LogP contribution in [0.15, 0.2) is 34.9 Å². The van der Waals surface area contributed by atoms with Gasteiger partial charge in [-0.1, -0.05) is 15.9 Å². The number of ether oxygens (including phenoxy) is 1. The summed E-state index contributed by atoms with van der Waals surface area (Å²) in [6.07, 6.45) is 1.48. The number of piperazine rings is 1. The molecule has 0 atom stereocenters. The van der Waals surface area contributed by atoms with Crippen molar-refractivity contribution >= 4 is 44.8 Å². The summed E-state index contributed by atoms with van der Waals surface area (Å²) in [5, 5.41) is 11.8. The maximum atomic E-state index is 12.2. The first-order chi connectivity index (χ1) is 15.5. The first-order valence-corrected chi connectivity index (χ1v) is 11.1. The van der Waals surface area contributed by atoms with Crippen molar-refractivity contribution in [2.45, 2.75) is 6.92 Å². The number of rotatable bonds is 7. The van der Waals surface area contributed by atoms with Crippen LogP contribution in [0.3, 0.4) is 0 Å². The number of fused-ring (bicyclic) bond motifs is 1. The minimum atomic E-state index is -0.336. The van der Waals surface area contributed by atoms with Gasteiger partial charge in [-0.25, -0.2) is 15.0 Å². The second-order valence-corrected chi connectivity index (χ2v) is 8.30. The highest BCUT2D eigenvalue weighted by Gasteiger charge is 2.20. The Hall–Kier alpha value is -2.89. The van der Waals surface area contributed by atoms with Crippen molar-refractivity contribution in [2.24, 2.45) is 0 Å². The average molecular weight is 502 g/mol. The van der Waals surface area contributed by atoms with E-state index in [2.05, 4.69) is 51.0 Å². The number of β-amino-alcohol motifs (C(OH)–C–C–N with tert-alkyl or cyclic N) is 1. The third-order valence-corrected chi connectivity index (χ3v) is 5.62. The highest BCUT2D eigenvalue weighted by Crippen LogP contribution is 2.19. The minimum absolute atomic E-state index is 0.141. The Balaban J connectivity index is 1.40. The van der Waals surface area contributed by atoms with E-state index in [-0.39, 0.29) is 19.1 Å². The number of aliphatic hydroxyl groups excluding tert-OH is 1. The molecule has 0 aliphatic carbocycles. The maximum absolute atomic E-state index is 12.2. The van der Waals surface area contributed by atoms with E-state index in [9.17, 15) is 4.79 Å². The summed E-state index contributed by atoms with van der Waals surface area (Å²) in [7, 11) is 0. The zero-order valence-electron chi connectivity index (χ0n) is 17.7. The van der Waals surface area contributed by atoms with Gasteiger partial charge in [0.1, 0.15) is 11.3 Å². The molecular formula is C21H24BrN7O3. The Bertz CT molecular complexity index is 1090. The zero-order valence-corrected chi connectivity index (χ0v) is 19.2. The van der Waals surface area contributed by atoms with Gasteiger partial charge in [0.15, 0.2) is 18.1 Å². The molecule has 32 heavy (non-hydrogen) atoms. The van der Waals surface area contributed by atoms with E-state index in [1.54, 1.807) is 12.1 Å². The maximum Gasteiger partial charge on any atom is 0.263 e. The fraction of sp³-hybridized carbons (Fsp3) is 0.381. The molecule has 1 amide bonds. The minimum Gasteiger partial charge on any atom is -0.484 e. The Labute approximate surface area is 193 Å². The topological polar surface area (TPSA) is 117 Å². The smallest absolute Gasteiger partial charge is 0.263 e. The molecule has 3 aromatic rings. The number of halogens is 1. The lowest BCUT2D eigenvalue weighted by Gasteiger charge is -2.34. The summed E-state index contributed by atoms with van der Waals surface area (Å²) in [6.45, 7) is 5.82. The molecule has 1 aliphatic rings. The number of nitrogens with one attached hydrogen (secondary N) is 1. The largest absolute Gasteiger partial charge is 0.484 e. The Morgan fingerprint density at radius 2 is 1.91 bits per heavy atom. The number of carbonyl (C=O) groups is 1. The van der Waals surface area contributed by atoms with Crippen molar-refractivity contribution in [2.75, 3.05) is 56.2 Å². The van der Waals surface area contributed by atoms with Crippen LogP contribution in [0.2, 0.25) is 0 Å². The molecule has 0 saturated carbocycles. The van der Waals surface area contributed by atoms with E-state index in [1.807, 2.05) is 19.1 Å². The number of anilines is 2. The number of benzene rings is 1. The van der Waals surface area contributed by atoms with Gasteiger partial charge in [0.2, 0.25) is 5.95 Å². The van der Waals surface area contributed by atoms with Crippen LogP contribution in [0.4, 0.5) is 11.8 Å². The van der Waals surface area contributed by atoms with Crippen molar-refractivity contribution < 1.29 is 14.6 Å². The number of aromatic nitrogens is 4. The predicted octanol–water partition coefficient (Wildman–Crippen LogP) is 1.62. The Kier molecular flexibility index (Phi) is 7.08. The summed E-state index contributed by atoms with van der Waals surface area (Å²) in [6, 6.07) is 7.23. The molecule has 168 valence electrons. The first-order valence-electron chi connectivity index (χ1n) is 10.3. The molecule has 1 aliphatic heterocycles. The van der Waals surface area contributed by atoms with Crippen molar-refractivity contribution in [3.63, 3.8) is 0 Å². The lowest BCUT2D eigenvalue weighted by Crippen LogP contribution is -2.47. The molecule has 0 unspecified atom stereocenters. The molecule has 0 bridgehead atoms. The number of aliphatic hydroxyl groups is 1. The van der Waals surface area contributed by atoms with Gasteiger partial charge in [-0.2, -0.15) is 4.98 Å². The van der Waals surface area contributed by atoms with Crippen LogP contribution in [0.25, 0.3) is 11.2 Å². The van der Waals surface area contributed by atoms with Crippen LogP contribution < -0.4 is 15.0 Å². The van der Waals surface area contributed by atoms with Gasteiger partial charge in [0.05, 0.1) is 18.5 Å². The number of nitrogens with zero attached hydrogens (tertiary/aromatic N) is 6. The third-order valence-electron chi connectivity index (χ3n) is 5.09. The predicted molar refractivity (Wildman–Crippen MR) is 124 cm³/mol. The highest BCUT2D eigenvalue weighted by molar-refractivity contribution is 9.10. The number of hydrogen-bond acceptors (Lipinski definition) is 9. The summed E-state index contributed by atoms with van der Waals surface area (Å²) in [5.41, 5.74) is 1.71. The van der Waals surface area contributed by atoms with Crippen molar-refractivity contribution in [1.82, 2.24) is 24.8 Å². The van der Waals surface area contributed by atoms with Crippen LogP contribution >= 0.6 is 15.9 Å². The van der Waals surface area contributed by atoms with Crippen molar-refractivity contribution in [3.05, 3.63) is 40.6 Å². The lowest BCUT2D eigenvalue weighted by molar-refractivity contribution is -0.118. The molecule has 3 heterocycles. The van der Waals surface area contributed by atoms with E-state index in [1.165, 1.54) is 6.20 Å². The normalized spacial score (nSPS) is 14.5. The van der Waals surface area contributed by atoms with Gasteiger partial charge < -0.3 is 20.1 Å². The molecule has 0 radical (unpaired) electrons. The molecule has 10 nitrogen and oxygen atoms in total. The molecule has 4 rings (SSSR count). The fourth-order valence-corrected chi connectivity index (χ4v) is 3.67. The average Bonchev–Trinajstić information content (AvgIpc) is 2.80. The Morgan fingerprint density at radius 3 is 2.62 bits per heavy atom. The summed E-state index contributed by atoms with van der Waals surface area (Å²) in [4.78, 5) is 34.6. The third kappa shape index (κ3) is 5.47. The molecular weight excluding hydrogens is 478 g/mol. The molecule has 1 aromatic carbocycles. The van der Waals surface area contributed by atoms with Gasteiger partial charge in [-0.15, -0.1) is 0 Å². The SMILES string of the molecule is Cc1nc(N2CCN(CCO)CC2)nc2ncc(NC(=O)COc3ccc(Br)cc3)nc12. The van der Waals surface area contributed by atoms with Gasteiger partial charge in [0.25, 0.3) is 5.91 Å². The lowest BCUT2D eigenvalue weighted by atomic mass is 10.3.